The molecule has 1 heterocycles. The molecular weight excluding hydrogens is 290 g/mol. The van der Waals surface area contributed by atoms with Gasteiger partial charge in [0.25, 0.3) is 5.91 Å². The number of piperazine rings is 1. The second-order valence-electron chi connectivity index (χ2n) is 4.48. The molecular formula is C13H17ClF2N2O2. The fraction of sp³-hybridized carbons (Fsp3) is 0.462. The van der Waals surface area contributed by atoms with Crippen LogP contribution in [0.1, 0.15) is 17.3 Å². The summed E-state index contributed by atoms with van der Waals surface area (Å²) in [6.45, 7) is 0.857. The van der Waals surface area contributed by atoms with E-state index in [1.54, 1.807) is 17.0 Å². The Labute approximate surface area is 122 Å². The standard InChI is InChI=1S/C13H16F2N2O2.ClH/c1-9-8-17(7-6-16-9)12(18)10-4-2-3-5-11(10)19-13(14)15;/h2-5,9,13,16H,6-8H2,1H3;1H. The second-order valence-corrected chi connectivity index (χ2v) is 4.48. The Morgan fingerprint density at radius 3 is 2.80 bits per heavy atom. The van der Waals surface area contributed by atoms with Crippen LogP contribution in [0.4, 0.5) is 8.78 Å². The minimum absolute atomic E-state index is 0. The van der Waals surface area contributed by atoms with E-state index >= 15 is 0 Å². The number of hydrogen-bond donors (Lipinski definition) is 1. The fourth-order valence-corrected chi connectivity index (χ4v) is 2.13. The molecule has 1 fully saturated rings. The highest BCUT2D eigenvalue weighted by Crippen LogP contribution is 2.22. The van der Waals surface area contributed by atoms with Crippen molar-refractivity contribution in [1.82, 2.24) is 10.2 Å². The van der Waals surface area contributed by atoms with Gasteiger partial charge in [-0.1, -0.05) is 12.1 Å². The molecule has 0 aliphatic carbocycles. The van der Waals surface area contributed by atoms with Crippen molar-refractivity contribution in [1.29, 1.82) is 0 Å². The molecule has 0 spiro atoms. The van der Waals surface area contributed by atoms with Gasteiger partial charge in [-0.3, -0.25) is 4.79 Å². The third-order valence-electron chi connectivity index (χ3n) is 2.99. The largest absolute Gasteiger partial charge is 0.434 e. The lowest BCUT2D eigenvalue weighted by molar-refractivity contribution is -0.0503. The van der Waals surface area contributed by atoms with Crippen LogP contribution in [0, 0.1) is 0 Å². The van der Waals surface area contributed by atoms with E-state index in [-0.39, 0.29) is 35.7 Å². The number of ether oxygens (including phenoxy) is 1. The highest BCUT2D eigenvalue weighted by Gasteiger charge is 2.24. The molecule has 2 rings (SSSR count). The predicted molar refractivity (Wildman–Crippen MR) is 73.7 cm³/mol. The Morgan fingerprint density at radius 2 is 2.15 bits per heavy atom. The number of nitrogens with zero attached hydrogens (tertiary/aromatic N) is 1. The Morgan fingerprint density at radius 1 is 1.45 bits per heavy atom. The molecule has 1 aromatic rings. The number of hydrogen-bond acceptors (Lipinski definition) is 3. The van der Waals surface area contributed by atoms with Gasteiger partial charge in [-0.05, 0) is 19.1 Å². The molecule has 1 atom stereocenters. The van der Waals surface area contributed by atoms with E-state index < -0.39 is 6.61 Å². The third kappa shape index (κ3) is 4.05. The van der Waals surface area contributed by atoms with Crippen LogP contribution in [0.5, 0.6) is 5.75 Å². The summed E-state index contributed by atoms with van der Waals surface area (Å²) in [4.78, 5) is 14.0. The first-order chi connectivity index (χ1) is 9.08. The molecule has 1 unspecified atom stereocenters. The number of benzene rings is 1. The number of carbonyl (C=O) groups is 1. The van der Waals surface area contributed by atoms with Crippen LogP contribution in [-0.2, 0) is 0 Å². The van der Waals surface area contributed by atoms with Crippen molar-refractivity contribution in [2.24, 2.45) is 0 Å². The average molecular weight is 307 g/mol. The highest BCUT2D eigenvalue weighted by atomic mass is 35.5. The van der Waals surface area contributed by atoms with Crippen LogP contribution < -0.4 is 10.1 Å². The molecule has 4 nitrogen and oxygen atoms in total. The highest BCUT2D eigenvalue weighted by molar-refractivity contribution is 5.97. The Bertz CT molecular complexity index is 460. The van der Waals surface area contributed by atoms with Gasteiger partial charge < -0.3 is 15.0 Å². The zero-order valence-corrected chi connectivity index (χ0v) is 11.8. The maximum Gasteiger partial charge on any atom is 0.387 e. The molecule has 1 amide bonds. The third-order valence-corrected chi connectivity index (χ3v) is 2.99. The topological polar surface area (TPSA) is 41.6 Å². The van der Waals surface area contributed by atoms with E-state index in [4.69, 9.17) is 0 Å². The van der Waals surface area contributed by atoms with Gasteiger partial charge in [-0.2, -0.15) is 8.78 Å². The lowest BCUT2D eigenvalue weighted by atomic mass is 10.1. The molecule has 0 aromatic heterocycles. The van der Waals surface area contributed by atoms with Gasteiger partial charge in [0, 0.05) is 25.7 Å². The van der Waals surface area contributed by atoms with Crippen molar-refractivity contribution in [3.63, 3.8) is 0 Å². The van der Waals surface area contributed by atoms with Gasteiger partial charge in [-0.15, -0.1) is 12.4 Å². The molecule has 112 valence electrons. The summed E-state index contributed by atoms with van der Waals surface area (Å²) in [5.41, 5.74) is 0.178. The fourth-order valence-electron chi connectivity index (χ4n) is 2.13. The van der Waals surface area contributed by atoms with E-state index in [2.05, 4.69) is 10.1 Å². The van der Waals surface area contributed by atoms with Crippen LogP contribution in [0.2, 0.25) is 0 Å². The summed E-state index contributed by atoms with van der Waals surface area (Å²) in [5.74, 6) is -0.349. The first kappa shape index (κ1) is 16.7. The number of carbonyl (C=O) groups excluding carboxylic acids is 1. The van der Waals surface area contributed by atoms with Gasteiger partial charge in [0.15, 0.2) is 0 Å². The first-order valence-electron chi connectivity index (χ1n) is 6.14. The van der Waals surface area contributed by atoms with Crippen LogP contribution >= 0.6 is 12.4 Å². The minimum atomic E-state index is -2.93. The lowest BCUT2D eigenvalue weighted by Crippen LogP contribution is -2.51. The van der Waals surface area contributed by atoms with Gasteiger partial charge in [0.2, 0.25) is 0 Å². The summed E-state index contributed by atoms with van der Waals surface area (Å²) < 4.78 is 29.0. The molecule has 7 heteroatoms. The SMILES string of the molecule is CC1CN(C(=O)c2ccccc2OC(F)F)CCN1.Cl. The Kier molecular flexibility index (Phi) is 6.16. The smallest absolute Gasteiger partial charge is 0.387 e. The van der Waals surface area contributed by atoms with Crippen molar-refractivity contribution in [3.8, 4) is 5.75 Å². The van der Waals surface area contributed by atoms with Gasteiger partial charge in [-0.25, -0.2) is 0 Å². The van der Waals surface area contributed by atoms with Crippen LogP contribution in [-0.4, -0.2) is 43.1 Å². The number of para-hydroxylation sites is 1. The number of rotatable bonds is 3. The van der Waals surface area contributed by atoms with E-state index in [9.17, 15) is 13.6 Å². The lowest BCUT2D eigenvalue weighted by Gasteiger charge is -2.32. The van der Waals surface area contributed by atoms with Gasteiger partial charge >= 0.3 is 6.61 Å². The van der Waals surface area contributed by atoms with Crippen LogP contribution in [0.15, 0.2) is 24.3 Å². The van der Waals surface area contributed by atoms with Crippen LogP contribution in [0.3, 0.4) is 0 Å². The number of halogens is 3. The summed E-state index contributed by atoms with van der Waals surface area (Å²) in [5, 5.41) is 3.22. The molecule has 0 saturated carbocycles. The van der Waals surface area contributed by atoms with E-state index in [0.29, 0.717) is 19.6 Å². The molecule has 20 heavy (non-hydrogen) atoms. The summed E-state index contributed by atoms with van der Waals surface area (Å²) in [6.07, 6.45) is 0. The molecule has 1 saturated heterocycles. The van der Waals surface area contributed by atoms with Crippen molar-refractivity contribution >= 4 is 18.3 Å². The monoisotopic (exact) mass is 306 g/mol. The number of nitrogens with one attached hydrogen (secondary N) is 1. The molecule has 0 bridgehead atoms. The summed E-state index contributed by atoms with van der Waals surface area (Å²) in [7, 11) is 0. The molecule has 1 N–H and O–H groups in total. The normalized spacial score (nSPS) is 18.6. The predicted octanol–water partition coefficient (Wildman–Crippen LogP) is 2.14. The van der Waals surface area contributed by atoms with Crippen molar-refractivity contribution in [3.05, 3.63) is 29.8 Å². The zero-order valence-electron chi connectivity index (χ0n) is 11.0. The first-order valence-corrected chi connectivity index (χ1v) is 6.14. The van der Waals surface area contributed by atoms with Crippen molar-refractivity contribution < 1.29 is 18.3 Å². The summed E-state index contributed by atoms with van der Waals surface area (Å²) in [6, 6.07) is 6.28. The van der Waals surface area contributed by atoms with E-state index in [1.165, 1.54) is 12.1 Å². The molecule has 1 aliphatic heterocycles. The van der Waals surface area contributed by atoms with E-state index in [0.717, 1.165) is 0 Å². The average Bonchev–Trinajstić information content (AvgIpc) is 2.38. The maximum atomic E-state index is 12.3. The number of alkyl halides is 2. The minimum Gasteiger partial charge on any atom is -0.434 e. The zero-order chi connectivity index (χ0) is 13.8. The van der Waals surface area contributed by atoms with Crippen LogP contribution in [0.25, 0.3) is 0 Å². The Balaban J connectivity index is 0.00000200. The molecule has 0 radical (unpaired) electrons. The summed E-state index contributed by atoms with van der Waals surface area (Å²) >= 11 is 0. The second kappa shape index (κ2) is 7.40. The quantitative estimate of drug-likeness (QED) is 0.930. The van der Waals surface area contributed by atoms with Gasteiger partial charge in [0.1, 0.15) is 5.75 Å². The van der Waals surface area contributed by atoms with Crippen molar-refractivity contribution in [2.45, 2.75) is 19.6 Å². The van der Waals surface area contributed by atoms with E-state index in [1.807, 2.05) is 6.92 Å². The number of amides is 1. The molecule has 1 aliphatic rings. The van der Waals surface area contributed by atoms with Crippen molar-refractivity contribution in [2.75, 3.05) is 19.6 Å². The van der Waals surface area contributed by atoms with Gasteiger partial charge in [0.05, 0.1) is 5.56 Å². The maximum absolute atomic E-state index is 12.3. The molecule has 1 aromatic carbocycles. The Hall–Kier alpha value is -1.40.